The molecule has 182 valence electrons. The molecule has 1 heterocycles. The highest BCUT2D eigenvalue weighted by Gasteiger charge is 2.39. The molecule has 0 aromatic heterocycles. The van der Waals surface area contributed by atoms with Crippen molar-refractivity contribution in [3.05, 3.63) is 0 Å². The summed E-state index contributed by atoms with van der Waals surface area (Å²) in [5.41, 5.74) is 11.1. The summed E-state index contributed by atoms with van der Waals surface area (Å²) in [7, 11) is 0. The molecule has 1 fully saturated rings. The molecule has 1 rings (SSSR count). The minimum Gasteiger partial charge on any atom is -0.481 e. The molecule has 0 bridgehead atoms. The Balaban J connectivity index is 2.96. The van der Waals surface area contributed by atoms with Crippen LogP contribution in [0.25, 0.3) is 0 Å². The Bertz CT molecular complexity index is 701. The normalized spacial score (nSPS) is 19.5. The van der Waals surface area contributed by atoms with Crippen LogP contribution < -0.4 is 22.1 Å². The average molecular weight is 460 g/mol. The fourth-order valence-corrected chi connectivity index (χ4v) is 3.38. The van der Waals surface area contributed by atoms with Gasteiger partial charge in [-0.1, -0.05) is 0 Å². The molecule has 0 aromatic rings. The first-order valence-corrected chi connectivity index (χ1v) is 10.5. The van der Waals surface area contributed by atoms with E-state index in [0.29, 0.717) is 25.8 Å². The second-order valence-corrected chi connectivity index (χ2v) is 7.80. The van der Waals surface area contributed by atoms with Crippen LogP contribution in [-0.4, -0.2) is 93.2 Å². The summed E-state index contributed by atoms with van der Waals surface area (Å²) in [4.78, 5) is 61.4. The van der Waals surface area contributed by atoms with Gasteiger partial charge in [0.05, 0.1) is 12.5 Å². The van der Waals surface area contributed by atoms with Gasteiger partial charge < -0.3 is 42.3 Å². The highest BCUT2D eigenvalue weighted by molar-refractivity contribution is 5.95. The highest BCUT2D eigenvalue weighted by atomic mass is 16.4. The number of rotatable bonds is 13. The number of hydrogen-bond donors (Lipinski definition) is 7. The van der Waals surface area contributed by atoms with Crippen LogP contribution in [0.4, 0.5) is 0 Å². The zero-order valence-corrected chi connectivity index (χ0v) is 18.0. The first kappa shape index (κ1) is 27.3. The third kappa shape index (κ3) is 8.05. The molecule has 1 aliphatic rings. The molecular formula is C19H33N5O8. The van der Waals surface area contributed by atoms with Crippen LogP contribution in [0, 0.1) is 0 Å². The van der Waals surface area contributed by atoms with E-state index in [1.807, 2.05) is 0 Å². The van der Waals surface area contributed by atoms with Crippen molar-refractivity contribution in [1.29, 1.82) is 0 Å². The number of likely N-dealkylation sites (tertiary alicyclic amines) is 1. The van der Waals surface area contributed by atoms with Gasteiger partial charge >= 0.3 is 11.9 Å². The summed E-state index contributed by atoms with van der Waals surface area (Å²) in [6.07, 6.45) is 0.128. The molecular weight excluding hydrogens is 426 g/mol. The smallest absolute Gasteiger partial charge is 0.326 e. The van der Waals surface area contributed by atoms with Crippen molar-refractivity contribution >= 4 is 29.7 Å². The Morgan fingerprint density at radius 3 is 2.28 bits per heavy atom. The van der Waals surface area contributed by atoms with Crippen molar-refractivity contribution in [2.75, 3.05) is 13.1 Å². The SMILES string of the molecule is CC(O)C(N)C(=O)NC(CCCCN)C(=O)N1CCCC1C(=O)NC(CC(=O)O)C(=O)O. The number of carbonyl (C=O) groups is 5. The third-order valence-electron chi connectivity index (χ3n) is 5.22. The van der Waals surface area contributed by atoms with E-state index in [0.717, 1.165) is 0 Å². The molecule has 5 atom stereocenters. The van der Waals surface area contributed by atoms with Gasteiger partial charge in [-0.2, -0.15) is 0 Å². The lowest BCUT2D eigenvalue weighted by atomic mass is 10.1. The van der Waals surface area contributed by atoms with Gasteiger partial charge in [-0.3, -0.25) is 19.2 Å². The van der Waals surface area contributed by atoms with Gasteiger partial charge in [0, 0.05) is 6.54 Å². The number of amides is 3. The number of nitrogens with zero attached hydrogens (tertiary/aromatic N) is 1. The molecule has 9 N–H and O–H groups in total. The van der Waals surface area contributed by atoms with Crippen molar-refractivity contribution in [2.45, 2.75) is 75.7 Å². The summed E-state index contributed by atoms with van der Waals surface area (Å²) in [6, 6.07) is -4.90. The summed E-state index contributed by atoms with van der Waals surface area (Å²) in [5.74, 6) is -4.95. The van der Waals surface area contributed by atoms with Crippen molar-refractivity contribution in [2.24, 2.45) is 11.5 Å². The fraction of sp³-hybridized carbons (Fsp3) is 0.737. The monoisotopic (exact) mass is 459 g/mol. The van der Waals surface area contributed by atoms with Crippen LogP contribution >= 0.6 is 0 Å². The lowest BCUT2D eigenvalue weighted by Gasteiger charge is -2.30. The standard InChI is InChI=1S/C19H33N5O8/c1-10(25)15(21)17(29)22-11(5-2-3-7-20)18(30)24-8-4-6-13(24)16(28)23-12(19(31)32)9-14(26)27/h10-13,15,25H,2-9,20-21H2,1H3,(H,22,29)(H,23,28)(H,26,27)(H,31,32). The number of carboxylic acids is 2. The Hall–Kier alpha value is -2.77. The van der Waals surface area contributed by atoms with Crippen molar-refractivity contribution in [3.8, 4) is 0 Å². The molecule has 0 aliphatic carbocycles. The van der Waals surface area contributed by atoms with Gasteiger partial charge in [0.1, 0.15) is 24.2 Å². The van der Waals surface area contributed by atoms with E-state index in [9.17, 15) is 29.1 Å². The zero-order chi connectivity index (χ0) is 24.4. The fourth-order valence-electron chi connectivity index (χ4n) is 3.38. The van der Waals surface area contributed by atoms with E-state index < -0.39 is 66.4 Å². The first-order valence-electron chi connectivity index (χ1n) is 10.5. The van der Waals surface area contributed by atoms with Gasteiger partial charge in [0.15, 0.2) is 0 Å². The highest BCUT2D eigenvalue weighted by Crippen LogP contribution is 2.20. The van der Waals surface area contributed by atoms with Gasteiger partial charge in [0.25, 0.3) is 0 Å². The van der Waals surface area contributed by atoms with Crippen LogP contribution in [0.1, 0.15) is 45.4 Å². The van der Waals surface area contributed by atoms with Gasteiger partial charge in [-0.05, 0) is 45.6 Å². The quantitative estimate of drug-likeness (QED) is 0.141. The van der Waals surface area contributed by atoms with Gasteiger partial charge in [0.2, 0.25) is 17.7 Å². The Labute approximate surface area is 185 Å². The predicted molar refractivity (Wildman–Crippen MR) is 111 cm³/mol. The molecule has 0 aromatic carbocycles. The van der Waals surface area contributed by atoms with E-state index in [4.69, 9.17) is 21.7 Å². The maximum Gasteiger partial charge on any atom is 0.326 e. The molecule has 3 amide bonds. The number of unbranched alkanes of at least 4 members (excludes halogenated alkanes) is 1. The topological polar surface area (TPSA) is 225 Å². The number of aliphatic carboxylic acids is 2. The van der Waals surface area contributed by atoms with E-state index >= 15 is 0 Å². The largest absolute Gasteiger partial charge is 0.481 e. The number of aliphatic hydroxyl groups is 1. The number of carboxylic acid groups (broad SMARTS) is 2. The Morgan fingerprint density at radius 2 is 1.75 bits per heavy atom. The minimum absolute atomic E-state index is 0.208. The second kappa shape index (κ2) is 12.9. The minimum atomic E-state index is -1.64. The van der Waals surface area contributed by atoms with Crippen molar-refractivity contribution in [3.63, 3.8) is 0 Å². The van der Waals surface area contributed by atoms with Gasteiger partial charge in [-0.15, -0.1) is 0 Å². The molecule has 32 heavy (non-hydrogen) atoms. The van der Waals surface area contributed by atoms with Crippen LogP contribution in [-0.2, 0) is 24.0 Å². The van der Waals surface area contributed by atoms with Crippen LogP contribution in [0.5, 0.6) is 0 Å². The number of nitrogens with two attached hydrogens (primary N) is 2. The van der Waals surface area contributed by atoms with Crippen molar-refractivity contribution < 1.29 is 39.3 Å². The van der Waals surface area contributed by atoms with Crippen LogP contribution in [0.2, 0.25) is 0 Å². The van der Waals surface area contributed by atoms with E-state index in [1.165, 1.54) is 11.8 Å². The maximum absolute atomic E-state index is 13.2. The second-order valence-electron chi connectivity index (χ2n) is 7.80. The lowest BCUT2D eigenvalue weighted by molar-refractivity contribution is -0.148. The zero-order valence-electron chi connectivity index (χ0n) is 18.0. The average Bonchev–Trinajstić information content (AvgIpc) is 3.20. The van der Waals surface area contributed by atoms with Gasteiger partial charge in [-0.25, -0.2) is 4.79 Å². The summed E-state index contributed by atoms with van der Waals surface area (Å²) in [5, 5.41) is 32.2. The first-order chi connectivity index (χ1) is 15.0. The third-order valence-corrected chi connectivity index (χ3v) is 5.22. The summed E-state index contributed by atoms with van der Waals surface area (Å²) < 4.78 is 0. The molecule has 5 unspecified atom stereocenters. The molecule has 0 radical (unpaired) electrons. The molecule has 13 heteroatoms. The molecule has 0 saturated carbocycles. The summed E-state index contributed by atoms with van der Waals surface area (Å²) in [6.45, 7) is 1.93. The lowest BCUT2D eigenvalue weighted by Crippen LogP contribution is -2.58. The molecule has 1 saturated heterocycles. The Kier molecular flexibility index (Phi) is 11.0. The molecule has 13 nitrogen and oxygen atoms in total. The number of hydrogen-bond acceptors (Lipinski definition) is 8. The number of carbonyl (C=O) groups excluding carboxylic acids is 3. The van der Waals surface area contributed by atoms with E-state index in [2.05, 4.69) is 10.6 Å². The number of nitrogens with one attached hydrogen (secondary N) is 2. The molecule has 0 spiro atoms. The van der Waals surface area contributed by atoms with Crippen LogP contribution in [0.15, 0.2) is 0 Å². The Morgan fingerprint density at radius 1 is 1.09 bits per heavy atom. The summed E-state index contributed by atoms with van der Waals surface area (Å²) >= 11 is 0. The predicted octanol–water partition coefficient (Wildman–Crippen LogP) is -2.66. The molecule has 1 aliphatic heterocycles. The van der Waals surface area contributed by atoms with Crippen molar-refractivity contribution in [1.82, 2.24) is 15.5 Å². The van der Waals surface area contributed by atoms with E-state index in [-0.39, 0.29) is 19.4 Å². The van der Waals surface area contributed by atoms with E-state index in [1.54, 1.807) is 0 Å². The number of aliphatic hydroxyl groups excluding tert-OH is 1. The van der Waals surface area contributed by atoms with Crippen LogP contribution in [0.3, 0.4) is 0 Å². The maximum atomic E-state index is 13.2.